The lowest BCUT2D eigenvalue weighted by Gasteiger charge is -2.40. The van der Waals surface area contributed by atoms with E-state index >= 15 is 0 Å². The largest absolute Gasteiger partial charge is 0.465 e. The maximum Gasteiger partial charge on any atom is 0.408 e. The van der Waals surface area contributed by atoms with Gasteiger partial charge in [0, 0.05) is 5.54 Å². The van der Waals surface area contributed by atoms with Crippen molar-refractivity contribution in [3.05, 3.63) is 0 Å². The minimum Gasteiger partial charge on any atom is -0.465 e. The molecule has 1 rings (SSSR count). The van der Waals surface area contributed by atoms with Crippen molar-refractivity contribution >= 4 is 11.9 Å². The molecule has 1 N–H and O–H groups in total. The Kier molecular flexibility index (Phi) is 4.30. The molecule has 110 valence electrons. The summed E-state index contributed by atoms with van der Waals surface area (Å²) in [5.41, 5.74) is -1.41. The lowest BCUT2D eigenvalue weighted by molar-refractivity contribution is -0.130. The maximum absolute atomic E-state index is 12.5. The van der Waals surface area contributed by atoms with E-state index in [0.29, 0.717) is 13.0 Å². The zero-order valence-corrected chi connectivity index (χ0v) is 12.7. The van der Waals surface area contributed by atoms with Gasteiger partial charge in [0.15, 0.2) is 5.78 Å². The van der Waals surface area contributed by atoms with E-state index in [4.69, 9.17) is 4.74 Å². The second kappa shape index (κ2) is 5.12. The predicted molar refractivity (Wildman–Crippen MR) is 72.2 cm³/mol. The summed E-state index contributed by atoms with van der Waals surface area (Å²) >= 11 is 0. The Bertz CT molecular complexity index is 366. The van der Waals surface area contributed by atoms with E-state index < -0.39 is 23.3 Å². The lowest BCUT2D eigenvalue weighted by Crippen LogP contribution is -2.56. The number of nitrogens with zero attached hydrogens (tertiary/aromatic N) is 1. The number of hydrogen-bond acceptors (Lipinski definition) is 3. The van der Waals surface area contributed by atoms with Crippen LogP contribution in [0.5, 0.6) is 0 Å². The summed E-state index contributed by atoms with van der Waals surface area (Å²) in [7, 11) is 0. The Labute approximate surface area is 114 Å². The molecule has 1 amide bonds. The van der Waals surface area contributed by atoms with Crippen LogP contribution in [0.25, 0.3) is 0 Å². The second-order valence-corrected chi connectivity index (χ2v) is 6.85. The van der Waals surface area contributed by atoms with E-state index in [9.17, 15) is 14.7 Å². The SMILES string of the molecule is CC(C)C[C@@H](C(=O)[C@@]1(C)CO1)N(C(=O)O)C(C)(C)C. The zero-order valence-electron chi connectivity index (χ0n) is 12.7. The van der Waals surface area contributed by atoms with Crippen LogP contribution in [-0.2, 0) is 9.53 Å². The molecule has 1 fully saturated rings. The third kappa shape index (κ3) is 3.69. The molecule has 0 aromatic carbocycles. The first-order chi connectivity index (χ1) is 8.49. The predicted octanol–water partition coefficient (Wildman–Crippen LogP) is 2.54. The smallest absolute Gasteiger partial charge is 0.408 e. The average Bonchev–Trinajstić information content (AvgIpc) is 2.92. The number of ether oxygens (including phenoxy) is 1. The summed E-state index contributed by atoms with van der Waals surface area (Å²) < 4.78 is 5.19. The number of carboxylic acid groups (broad SMARTS) is 1. The minimum absolute atomic E-state index is 0.126. The van der Waals surface area contributed by atoms with Crippen LogP contribution in [0.1, 0.15) is 48.0 Å². The molecule has 5 heteroatoms. The van der Waals surface area contributed by atoms with Crippen LogP contribution in [0, 0.1) is 5.92 Å². The van der Waals surface area contributed by atoms with Crippen molar-refractivity contribution in [1.29, 1.82) is 0 Å². The van der Waals surface area contributed by atoms with E-state index in [0.717, 1.165) is 0 Å². The van der Waals surface area contributed by atoms with E-state index in [1.165, 1.54) is 4.90 Å². The Hall–Kier alpha value is -1.10. The number of rotatable bonds is 5. The first kappa shape index (κ1) is 16.0. The van der Waals surface area contributed by atoms with Gasteiger partial charge in [-0.2, -0.15) is 0 Å². The van der Waals surface area contributed by atoms with Gasteiger partial charge in [0.25, 0.3) is 0 Å². The normalized spacial score (nSPS) is 24.2. The molecule has 1 aliphatic heterocycles. The molecular weight excluding hydrogens is 246 g/mol. The summed E-state index contributed by atoms with van der Waals surface area (Å²) in [6.45, 7) is 11.5. The quantitative estimate of drug-likeness (QED) is 0.780. The highest BCUT2D eigenvalue weighted by atomic mass is 16.6. The van der Waals surface area contributed by atoms with Gasteiger partial charge >= 0.3 is 6.09 Å². The molecule has 0 saturated carbocycles. The van der Waals surface area contributed by atoms with Gasteiger partial charge in [0.2, 0.25) is 0 Å². The van der Waals surface area contributed by atoms with Crippen LogP contribution < -0.4 is 0 Å². The van der Waals surface area contributed by atoms with Gasteiger partial charge in [-0.1, -0.05) is 13.8 Å². The molecule has 0 bridgehead atoms. The summed E-state index contributed by atoms with van der Waals surface area (Å²) in [5.74, 6) is 0.110. The fourth-order valence-corrected chi connectivity index (χ4v) is 2.27. The molecule has 1 saturated heterocycles. The van der Waals surface area contributed by atoms with E-state index in [2.05, 4.69) is 0 Å². The molecule has 0 aliphatic carbocycles. The van der Waals surface area contributed by atoms with Gasteiger partial charge < -0.3 is 9.84 Å². The third-order valence-corrected chi connectivity index (χ3v) is 3.34. The van der Waals surface area contributed by atoms with Crippen molar-refractivity contribution in [2.45, 2.75) is 65.1 Å². The van der Waals surface area contributed by atoms with Crippen molar-refractivity contribution in [1.82, 2.24) is 4.90 Å². The van der Waals surface area contributed by atoms with Crippen LogP contribution >= 0.6 is 0 Å². The van der Waals surface area contributed by atoms with E-state index in [-0.39, 0.29) is 11.7 Å². The Morgan fingerprint density at radius 3 is 2.11 bits per heavy atom. The van der Waals surface area contributed by atoms with Crippen molar-refractivity contribution in [2.24, 2.45) is 5.92 Å². The Morgan fingerprint density at radius 1 is 1.37 bits per heavy atom. The zero-order chi connectivity index (χ0) is 15.0. The number of epoxide rings is 1. The molecule has 0 spiro atoms. The average molecular weight is 271 g/mol. The topological polar surface area (TPSA) is 70.1 Å². The van der Waals surface area contributed by atoms with Crippen LogP contribution in [0.3, 0.4) is 0 Å². The number of Topliss-reactive ketones (excluding diaryl/α,β-unsaturated/α-hetero) is 1. The van der Waals surface area contributed by atoms with Crippen LogP contribution in [-0.4, -0.2) is 45.7 Å². The van der Waals surface area contributed by atoms with Crippen LogP contribution in [0.15, 0.2) is 0 Å². The van der Waals surface area contributed by atoms with Crippen LogP contribution in [0.4, 0.5) is 4.79 Å². The molecule has 0 aromatic heterocycles. The Morgan fingerprint density at radius 2 is 1.84 bits per heavy atom. The van der Waals surface area contributed by atoms with Gasteiger partial charge in [0.1, 0.15) is 5.60 Å². The number of carbonyl (C=O) groups is 2. The molecule has 5 nitrogen and oxygen atoms in total. The lowest BCUT2D eigenvalue weighted by atomic mass is 9.89. The molecule has 0 aromatic rings. The molecular formula is C14H25NO4. The van der Waals surface area contributed by atoms with E-state index in [1.54, 1.807) is 27.7 Å². The van der Waals surface area contributed by atoms with Gasteiger partial charge in [0.05, 0.1) is 12.6 Å². The Balaban J connectivity index is 3.06. The molecule has 1 heterocycles. The summed E-state index contributed by atoms with van der Waals surface area (Å²) in [4.78, 5) is 25.3. The maximum atomic E-state index is 12.5. The highest BCUT2D eigenvalue weighted by molar-refractivity contribution is 5.95. The number of carbonyl (C=O) groups excluding carboxylic acids is 1. The molecule has 2 atom stereocenters. The number of amides is 1. The first-order valence-electron chi connectivity index (χ1n) is 6.69. The number of hydrogen-bond donors (Lipinski definition) is 1. The monoisotopic (exact) mass is 271 g/mol. The van der Waals surface area contributed by atoms with Crippen molar-refractivity contribution < 1.29 is 19.4 Å². The highest BCUT2D eigenvalue weighted by Gasteiger charge is 2.53. The van der Waals surface area contributed by atoms with Crippen molar-refractivity contribution in [3.8, 4) is 0 Å². The summed E-state index contributed by atoms with van der Waals surface area (Å²) in [6, 6.07) is -0.648. The fraction of sp³-hybridized carbons (Fsp3) is 0.857. The molecule has 19 heavy (non-hydrogen) atoms. The summed E-state index contributed by atoms with van der Waals surface area (Å²) in [6.07, 6.45) is -0.544. The van der Waals surface area contributed by atoms with E-state index in [1.807, 2.05) is 13.8 Å². The first-order valence-corrected chi connectivity index (χ1v) is 6.69. The van der Waals surface area contributed by atoms with Crippen molar-refractivity contribution in [3.63, 3.8) is 0 Å². The van der Waals surface area contributed by atoms with Gasteiger partial charge in [-0.15, -0.1) is 0 Å². The van der Waals surface area contributed by atoms with Gasteiger partial charge in [-0.3, -0.25) is 9.69 Å². The third-order valence-electron chi connectivity index (χ3n) is 3.34. The van der Waals surface area contributed by atoms with Gasteiger partial charge in [-0.25, -0.2) is 4.79 Å². The highest BCUT2D eigenvalue weighted by Crippen LogP contribution is 2.33. The second-order valence-electron chi connectivity index (χ2n) is 6.85. The van der Waals surface area contributed by atoms with Crippen molar-refractivity contribution in [2.75, 3.05) is 6.61 Å². The standard InChI is InChI=1S/C14H25NO4/c1-9(2)7-10(11(16)14(6)8-19-14)15(12(17)18)13(3,4)5/h9-10H,7-8H2,1-6H3,(H,17,18)/t10-,14+/m0/s1. The fourth-order valence-electron chi connectivity index (χ4n) is 2.27. The molecule has 0 radical (unpaired) electrons. The molecule has 0 unspecified atom stereocenters. The van der Waals surface area contributed by atoms with Crippen LogP contribution in [0.2, 0.25) is 0 Å². The molecule has 1 aliphatic rings. The summed E-state index contributed by atoms with van der Waals surface area (Å²) in [5, 5.41) is 9.46. The minimum atomic E-state index is -1.06. The number of ketones is 1. The van der Waals surface area contributed by atoms with Gasteiger partial charge in [-0.05, 0) is 40.0 Å².